The van der Waals surface area contributed by atoms with Crippen molar-refractivity contribution in [2.45, 2.75) is 4.83 Å². The van der Waals surface area contributed by atoms with Gasteiger partial charge in [-0.3, -0.25) is 4.79 Å². The molecule has 0 heterocycles. The molecule has 0 saturated heterocycles. The van der Waals surface area contributed by atoms with E-state index in [9.17, 15) is 4.79 Å². The molecule has 4 heteroatoms. The summed E-state index contributed by atoms with van der Waals surface area (Å²) in [6, 6.07) is 7.01. The Balaban J connectivity index is 2.90. The van der Waals surface area contributed by atoms with Gasteiger partial charge in [0.15, 0.2) is 5.78 Å². The predicted octanol–water partition coefficient (Wildman–Crippen LogP) is 2.88. The molecule has 76 valence electrons. The van der Waals surface area contributed by atoms with E-state index in [4.69, 9.17) is 16.3 Å². The lowest BCUT2D eigenvalue weighted by molar-refractivity contribution is 0.0996. The van der Waals surface area contributed by atoms with E-state index in [0.29, 0.717) is 11.3 Å². The summed E-state index contributed by atoms with van der Waals surface area (Å²) in [5.41, 5.74) is 0.604. The van der Waals surface area contributed by atoms with Crippen molar-refractivity contribution >= 4 is 33.3 Å². The number of benzene rings is 1. The number of carbonyl (C=O) groups is 1. The maximum atomic E-state index is 11.7. The number of alkyl halides is 2. The van der Waals surface area contributed by atoms with E-state index >= 15 is 0 Å². The summed E-state index contributed by atoms with van der Waals surface area (Å²) in [7, 11) is 1.57. The first-order valence-electron chi connectivity index (χ1n) is 4.07. The van der Waals surface area contributed by atoms with Gasteiger partial charge in [-0.25, -0.2) is 0 Å². The van der Waals surface area contributed by atoms with Crippen LogP contribution < -0.4 is 4.74 Å². The van der Waals surface area contributed by atoms with Crippen molar-refractivity contribution < 1.29 is 9.53 Å². The summed E-state index contributed by atoms with van der Waals surface area (Å²) < 4.78 is 5.02. The van der Waals surface area contributed by atoms with Crippen molar-refractivity contribution in [3.05, 3.63) is 29.8 Å². The Morgan fingerprint density at radius 2 is 2.36 bits per heavy atom. The zero-order chi connectivity index (χ0) is 10.6. The first-order valence-corrected chi connectivity index (χ1v) is 5.52. The summed E-state index contributed by atoms with van der Waals surface area (Å²) in [4.78, 5) is 11.3. The molecular formula is C10H10BrClO2. The fraction of sp³-hybridized carbons (Fsp3) is 0.300. The predicted molar refractivity (Wildman–Crippen MR) is 60.8 cm³/mol. The van der Waals surface area contributed by atoms with Crippen LogP contribution in [0, 0.1) is 0 Å². The molecule has 0 aromatic heterocycles. The standard InChI is InChI=1S/C10H10BrClO2/c1-14-8-4-2-3-7(5-8)10(13)9(11)6-12/h2-5,9H,6H2,1H3. The summed E-state index contributed by atoms with van der Waals surface area (Å²) in [6.45, 7) is 0. The Bertz CT molecular complexity index is 328. The molecule has 0 radical (unpaired) electrons. The fourth-order valence-electron chi connectivity index (χ4n) is 1.03. The van der Waals surface area contributed by atoms with Gasteiger partial charge in [0.25, 0.3) is 0 Å². The third-order valence-electron chi connectivity index (χ3n) is 1.77. The van der Waals surface area contributed by atoms with Crippen LogP contribution in [0.1, 0.15) is 10.4 Å². The Hall–Kier alpha value is -0.540. The maximum Gasteiger partial charge on any atom is 0.177 e. The van der Waals surface area contributed by atoms with Crippen molar-refractivity contribution in [3.8, 4) is 5.75 Å². The van der Waals surface area contributed by atoms with E-state index in [-0.39, 0.29) is 16.5 Å². The van der Waals surface area contributed by atoms with Crippen molar-refractivity contribution in [2.75, 3.05) is 13.0 Å². The summed E-state index contributed by atoms with van der Waals surface area (Å²) in [5.74, 6) is 0.903. The number of rotatable bonds is 4. The highest BCUT2D eigenvalue weighted by Crippen LogP contribution is 2.17. The van der Waals surface area contributed by atoms with Crippen molar-refractivity contribution in [1.82, 2.24) is 0 Å². The first kappa shape index (κ1) is 11.5. The second-order valence-electron chi connectivity index (χ2n) is 2.72. The van der Waals surface area contributed by atoms with E-state index in [1.165, 1.54) is 0 Å². The molecule has 1 aromatic rings. The summed E-state index contributed by atoms with van der Waals surface area (Å²) in [5, 5.41) is 0. The third-order valence-corrected chi connectivity index (χ3v) is 3.20. The monoisotopic (exact) mass is 276 g/mol. The molecule has 1 aromatic carbocycles. The molecule has 0 aliphatic heterocycles. The van der Waals surface area contributed by atoms with Crippen molar-refractivity contribution in [2.24, 2.45) is 0 Å². The average molecular weight is 278 g/mol. The zero-order valence-corrected chi connectivity index (χ0v) is 10.0. The van der Waals surface area contributed by atoms with Gasteiger partial charge in [-0.05, 0) is 12.1 Å². The second-order valence-corrected chi connectivity index (χ2v) is 4.13. The summed E-state index contributed by atoms with van der Waals surface area (Å²) >= 11 is 8.77. The topological polar surface area (TPSA) is 26.3 Å². The quantitative estimate of drug-likeness (QED) is 0.625. The van der Waals surface area contributed by atoms with Crippen LogP contribution in [0.4, 0.5) is 0 Å². The van der Waals surface area contributed by atoms with Gasteiger partial charge in [0, 0.05) is 11.4 Å². The maximum absolute atomic E-state index is 11.7. The number of ether oxygens (including phenoxy) is 1. The molecule has 0 spiro atoms. The van der Waals surface area contributed by atoms with Crippen LogP contribution in [0.2, 0.25) is 0 Å². The minimum Gasteiger partial charge on any atom is -0.497 e. The Morgan fingerprint density at radius 1 is 1.64 bits per heavy atom. The van der Waals surface area contributed by atoms with Crippen LogP contribution in [-0.4, -0.2) is 23.6 Å². The molecule has 0 amide bonds. The van der Waals surface area contributed by atoms with E-state index < -0.39 is 0 Å². The molecule has 0 aliphatic carbocycles. The molecule has 1 unspecified atom stereocenters. The highest BCUT2D eigenvalue weighted by molar-refractivity contribution is 9.10. The van der Waals surface area contributed by atoms with Gasteiger partial charge in [0.2, 0.25) is 0 Å². The average Bonchev–Trinajstić information content (AvgIpc) is 2.27. The Labute approximate surface area is 96.3 Å². The van der Waals surface area contributed by atoms with Crippen LogP contribution in [-0.2, 0) is 0 Å². The molecule has 0 saturated carbocycles. The number of ketones is 1. The zero-order valence-electron chi connectivity index (χ0n) is 7.67. The van der Waals surface area contributed by atoms with E-state index in [1.54, 1.807) is 31.4 Å². The van der Waals surface area contributed by atoms with Gasteiger partial charge in [-0.1, -0.05) is 28.1 Å². The lowest BCUT2D eigenvalue weighted by atomic mass is 10.1. The molecule has 0 bridgehead atoms. The van der Waals surface area contributed by atoms with Crippen LogP contribution in [0.25, 0.3) is 0 Å². The number of hydrogen-bond acceptors (Lipinski definition) is 2. The third kappa shape index (κ3) is 2.72. The summed E-state index contributed by atoms with van der Waals surface area (Å²) in [6.07, 6.45) is 0. The Morgan fingerprint density at radius 3 is 2.93 bits per heavy atom. The fourth-order valence-corrected chi connectivity index (χ4v) is 1.43. The molecule has 2 nitrogen and oxygen atoms in total. The number of hydrogen-bond donors (Lipinski definition) is 0. The molecule has 1 atom stereocenters. The van der Waals surface area contributed by atoms with Gasteiger partial charge in [-0.15, -0.1) is 11.6 Å². The minimum absolute atomic E-state index is 0.0288. The molecular weight excluding hydrogens is 267 g/mol. The highest BCUT2D eigenvalue weighted by Gasteiger charge is 2.15. The largest absolute Gasteiger partial charge is 0.497 e. The van der Waals surface area contributed by atoms with Crippen LogP contribution in [0.3, 0.4) is 0 Å². The van der Waals surface area contributed by atoms with Crippen LogP contribution in [0.5, 0.6) is 5.75 Å². The lowest BCUT2D eigenvalue weighted by Gasteiger charge is -2.06. The SMILES string of the molecule is COc1cccc(C(=O)C(Br)CCl)c1. The van der Waals surface area contributed by atoms with Crippen molar-refractivity contribution in [3.63, 3.8) is 0 Å². The van der Waals surface area contributed by atoms with Crippen LogP contribution >= 0.6 is 27.5 Å². The van der Waals surface area contributed by atoms with Crippen LogP contribution in [0.15, 0.2) is 24.3 Å². The number of carbonyl (C=O) groups excluding carboxylic acids is 1. The second kappa shape index (κ2) is 5.37. The molecule has 14 heavy (non-hydrogen) atoms. The number of halogens is 2. The smallest absolute Gasteiger partial charge is 0.177 e. The Kier molecular flexibility index (Phi) is 4.42. The van der Waals surface area contributed by atoms with Gasteiger partial charge in [0.05, 0.1) is 11.9 Å². The van der Waals surface area contributed by atoms with Gasteiger partial charge in [0.1, 0.15) is 5.75 Å². The lowest BCUT2D eigenvalue weighted by Crippen LogP contribution is -2.15. The molecule has 0 N–H and O–H groups in total. The van der Waals surface area contributed by atoms with E-state index in [0.717, 1.165) is 0 Å². The number of Topliss-reactive ketones (excluding diaryl/α,β-unsaturated/α-hetero) is 1. The molecule has 1 rings (SSSR count). The van der Waals surface area contributed by atoms with Gasteiger partial charge in [-0.2, -0.15) is 0 Å². The highest BCUT2D eigenvalue weighted by atomic mass is 79.9. The normalized spacial score (nSPS) is 12.2. The molecule has 0 fully saturated rings. The first-order chi connectivity index (χ1) is 6.69. The van der Waals surface area contributed by atoms with Gasteiger partial charge >= 0.3 is 0 Å². The minimum atomic E-state index is -0.337. The van der Waals surface area contributed by atoms with E-state index in [1.807, 2.05) is 0 Å². The number of methoxy groups -OCH3 is 1. The van der Waals surface area contributed by atoms with E-state index in [2.05, 4.69) is 15.9 Å². The molecule has 0 aliphatic rings. The van der Waals surface area contributed by atoms with Crippen molar-refractivity contribution in [1.29, 1.82) is 0 Å². The van der Waals surface area contributed by atoms with Gasteiger partial charge < -0.3 is 4.74 Å².